The van der Waals surface area contributed by atoms with E-state index in [9.17, 15) is 0 Å². The van der Waals surface area contributed by atoms with E-state index >= 15 is 0 Å². The molecule has 0 spiro atoms. The van der Waals surface area contributed by atoms with E-state index in [0.717, 1.165) is 0 Å². The Bertz CT molecular complexity index is 331. The molecule has 78 valence electrons. The molecule has 0 aliphatic carbocycles. The lowest BCUT2D eigenvalue weighted by molar-refractivity contribution is 0.545. The van der Waals surface area contributed by atoms with Crippen LogP contribution in [0.25, 0.3) is 0 Å². The number of hydrogen-bond acceptors (Lipinski definition) is 2. The second-order valence-electron chi connectivity index (χ2n) is 2.07. The quantitative estimate of drug-likeness (QED) is 0.540. The molecule has 8 heteroatoms. The first-order valence-electron chi connectivity index (χ1n) is 2.97. The van der Waals surface area contributed by atoms with Crippen LogP contribution in [0.2, 0.25) is 20.1 Å². The summed E-state index contributed by atoms with van der Waals surface area (Å²) in [4.78, 5) is 0. The summed E-state index contributed by atoms with van der Waals surface area (Å²) >= 11 is 33.1. The summed E-state index contributed by atoms with van der Waals surface area (Å²) in [5, 5.41) is -0.0590. The van der Waals surface area contributed by atoms with Crippen molar-refractivity contribution in [3.63, 3.8) is 0 Å². The zero-order chi connectivity index (χ0) is 10.9. The van der Waals surface area contributed by atoms with Gasteiger partial charge in [-0.25, -0.2) is 0 Å². The van der Waals surface area contributed by atoms with Crippen LogP contribution in [0.15, 0.2) is 0 Å². The first-order chi connectivity index (χ1) is 6.54. The van der Waals surface area contributed by atoms with Crippen LogP contribution in [0, 0.1) is 0 Å². The van der Waals surface area contributed by atoms with Gasteiger partial charge >= 0.3 is 0 Å². The van der Waals surface area contributed by atoms with Crippen molar-refractivity contribution >= 4 is 70.1 Å². The van der Waals surface area contributed by atoms with Crippen LogP contribution < -0.4 is 8.58 Å². The molecule has 14 heavy (non-hydrogen) atoms. The molecule has 0 saturated heterocycles. The normalized spacial score (nSPS) is 10.1. The van der Waals surface area contributed by atoms with Crippen molar-refractivity contribution in [3.8, 4) is 11.5 Å². The summed E-state index contributed by atoms with van der Waals surface area (Å²) < 4.78 is 8.77. The van der Waals surface area contributed by atoms with Gasteiger partial charge in [0.15, 0.2) is 0 Å². The maximum absolute atomic E-state index is 5.73. The number of halogens is 6. The number of benzene rings is 1. The fourth-order valence-corrected chi connectivity index (χ4v) is 2.00. The van der Waals surface area contributed by atoms with Crippen LogP contribution in [0.4, 0.5) is 0 Å². The molecule has 0 bridgehead atoms. The van der Waals surface area contributed by atoms with Gasteiger partial charge in [-0.1, -0.05) is 46.4 Å². The Morgan fingerprint density at radius 2 is 0.857 bits per heavy atom. The Hall–Kier alpha value is 0.560. The summed E-state index contributed by atoms with van der Waals surface area (Å²) in [6.07, 6.45) is 0. The zero-order valence-corrected chi connectivity index (χ0v) is 10.6. The zero-order valence-electron chi connectivity index (χ0n) is 6.08. The first-order valence-corrected chi connectivity index (χ1v) is 5.10. The molecule has 0 fully saturated rings. The van der Waals surface area contributed by atoms with Gasteiger partial charge in [0.05, 0.1) is 10.0 Å². The molecular formula is C6Cl6O2. The smallest absolute Gasteiger partial charge is 0.212 e. The van der Waals surface area contributed by atoms with E-state index in [4.69, 9.17) is 70.1 Å². The van der Waals surface area contributed by atoms with Gasteiger partial charge in [-0.2, -0.15) is 0 Å². The van der Waals surface area contributed by atoms with Crippen molar-refractivity contribution < 1.29 is 8.58 Å². The second kappa shape index (κ2) is 5.06. The van der Waals surface area contributed by atoms with Crippen LogP contribution in [0.5, 0.6) is 11.5 Å². The first kappa shape index (κ1) is 12.6. The standard InChI is InChI=1S/C6Cl6O2/c7-1-2(8)4(10)6(14-12)5(13-11)3(1)9. The third-order valence-corrected chi connectivity index (χ3v) is 3.41. The molecule has 0 aliphatic heterocycles. The van der Waals surface area contributed by atoms with Gasteiger partial charge in [-0.15, -0.1) is 0 Å². The minimum absolute atomic E-state index is 0.00597. The van der Waals surface area contributed by atoms with E-state index in [-0.39, 0.29) is 31.6 Å². The Morgan fingerprint density at radius 1 is 0.571 bits per heavy atom. The average molecular weight is 317 g/mol. The third-order valence-electron chi connectivity index (χ3n) is 1.34. The van der Waals surface area contributed by atoms with Crippen LogP contribution in [0.1, 0.15) is 0 Å². The maximum Gasteiger partial charge on any atom is 0.212 e. The van der Waals surface area contributed by atoms with Crippen molar-refractivity contribution in [2.45, 2.75) is 0 Å². The fraction of sp³-hybridized carbons (Fsp3) is 0. The lowest BCUT2D eigenvalue weighted by Gasteiger charge is -2.10. The summed E-state index contributed by atoms with van der Waals surface area (Å²) in [6.45, 7) is 0. The van der Waals surface area contributed by atoms with Crippen LogP contribution in [-0.2, 0) is 0 Å². The molecule has 0 unspecified atom stereocenters. The highest BCUT2D eigenvalue weighted by atomic mass is 35.5. The highest BCUT2D eigenvalue weighted by Gasteiger charge is 2.23. The molecule has 1 rings (SSSR count). The highest BCUT2D eigenvalue weighted by molar-refractivity contribution is 6.53. The van der Waals surface area contributed by atoms with Crippen molar-refractivity contribution in [2.24, 2.45) is 0 Å². The Labute approximate surface area is 110 Å². The van der Waals surface area contributed by atoms with Gasteiger partial charge in [0.1, 0.15) is 33.8 Å². The van der Waals surface area contributed by atoms with E-state index in [1.54, 1.807) is 0 Å². The Morgan fingerprint density at radius 3 is 1.07 bits per heavy atom. The van der Waals surface area contributed by atoms with Crippen molar-refractivity contribution in [1.29, 1.82) is 0 Å². The van der Waals surface area contributed by atoms with Crippen molar-refractivity contribution in [3.05, 3.63) is 20.1 Å². The summed E-state index contributed by atoms with van der Waals surface area (Å²) in [5.74, 6) is -0.189. The van der Waals surface area contributed by atoms with E-state index in [2.05, 4.69) is 8.58 Å². The minimum atomic E-state index is -0.0947. The molecule has 0 atom stereocenters. The Balaban J connectivity index is 3.57. The van der Waals surface area contributed by atoms with Gasteiger partial charge < -0.3 is 8.58 Å². The number of hydrogen-bond donors (Lipinski definition) is 0. The van der Waals surface area contributed by atoms with Gasteiger partial charge in [-0.05, 0) is 0 Å². The molecule has 0 aliphatic rings. The molecule has 0 aromatic heterocycles. The topological polar surface area (TPSA) is 18.5 Å². The predicted molar refractivity (Wildman–Crippen MR) is 59.4 cm³/mol. The van der Waals surface area contributed by atoms with Crippen molar-refractivity contribution in [1.82, 2.24) is 0 Å². The second-order valence-corrected chi connectivity index (χ2v) is 3.89. The summed E-state index contributed by atoms with van der Waals surface area (Å²) in [7, 11) is 0. The molecule has 0 saturated carbocycles. The highest BCUT2D eigenvalue weighted by Crippen LogP contribution is 2.50. The number of rotatable bonds is 2. The monoisotopic (exact) mass is 314 g/mol. The van der Waals surface area contributed by atoms with Gasteiger partial charge in [0.25, 0.3) is 0 Å². The van der Waals surface area contributed by atoms with Gasteiger partial charge in [0.2, 0.25) is 11.5 Å². The summed E-state index contributed by atoms with van der Waals surface area (Å²) in [6, 6.07) is 0. The van der Waals surface area contributed by atoms with E-state index in [0.29, 0.717) is 0 Å². The third kappa shape index (κ3) is 2.06. The summed E-state index contributed by atoms with van der Waals surface area (Å²) in [5.41, 5.74) is 0. The fourth-order valence-electron chi connectivity index (χ4n) is 0.729. The predicted octanol–water partition coefficient (Wildman–Crippen LogP) is 5.37. The molecule has 1 aromatic rings. The van der Waals surface area contributed by atoms with E-state index < -0.39 is 0 Å². The van der Waals surface area contributed by atoms with Gasteiger partial charge in [-0.3, -0.25) is 0 Å². The molecule has 0 N–H and O–H groups in total. The van der Waals surface area contributed by atoms with Crippen LogP contribution in [0.3, 0.4) is 0 Å². The van der Waals surface area contributed by atoms with E-state index in [1.165, 1.54) is 0 Å². The Kier molecular flexibility index (Phi) is 4.56. The van der Waals surface area contributed by atoms with Crippen LogP contribution in [-0.4, -0.2) is 0 Å². The SMILES string of the molecule is ClOc1c(Cl)c(Cl)c(Cl)c(Cl)c1OCl. The minimum Gasteiger partial charge on any atom is -0.380 e. The largest absolute Gasteiger partial charge is 0.380 e. The van der Waals surface area contributed by atoms with Crippen LogP contribution >= 0.6 is 70.1 Å². The van der Waals surface area contributed by atoms with E-state index in [1.807, 2.05) is 0 Å². The average Bonchev–Trinajstić information content (AvgIpc) is 2.20. The molecule has 0 radical (unpaired) electrons. The molecular weight excluding hydrogens is 317 g/mol. The molecule has 0 amide bonds. The lowest BCUT2D eigenvalue weighted by atomic mass is 10.3. The molecule has 1 aromatic carbocycles. The van der Waals surface area contributed by atoms with Crippen molar-refractivity contribution in [2.75, 3.05) is 0 Å². The maximum atomic E-state index is 5.73. The molecule has 0 heterocycles. The molecule has 2 nitrogen and oxygen atoms in total. The van der Waals surface area contributed by atoms with Gasteiger partial charge in [0, 0.05) is 0 Å². The lowest BCUT2D eigenvalue weighted by Crippen LogP contribution is -1.87.